The number of amides is 1. The maximum absolute atomic E-state index is 14.5. The predicted molar refractivity (Wildman–Crippen MR) is 127 cm³/mol. The topological polar surface area (TPSA) is 128 Å². The number of anilines is 1. The summed E-state index contributed by atoms with van der Waals surface area (Å²) in [6, 6.07) is 10.8. The standard InChI is InChI=1S/C24H24F2N2O7S/c1-33-18-11-10-14(12-20(18)35-3)36(31,32)28(13-21(27)29)23-15(6-4-9-19(23)34-2)24(30)22-16(25)7-5-8-17(22)26/h4-12,24,30H,13H2,1-3H3,(H2,27,29). The number of carbonyl (C=O) groups is 1. The van der Waals surface area contributed by atoms with E-state index >= 15 is 0 Å². The smallest absolute Gasteiger partial charge is 0.265 e. The van der Waals surface area contributed by atoms with Crippen LogP contribution < -0.4 is 24.2 Å². The van der Waals surface area contributed by atoms with Crippen molar-refractivity contribution in [1.82, 2.24) is 0 Å². The molecular formula is C24H24F2N2O7S. The van der Waals surface area contributed by atoms with E-state index in [9.17, 15) is 27.1 Å². The van der Waals surface area contributed by atoms with Gasteiger partial charge in [-0.25, -0.2) is 17.2 Å². The van der Waals surface area contributed by atoms with Crippen molar-refractivity contribution in [2.45, 2.75) is 11.0 Å². The molecule has 0 saturated carbocycles. The lowest BCUT2D eigenvalue weighted by atomic mass is 9.98. The van der Waals surface area contributed by atoms with Crippen molar-refractivity contribution < 1.29 is 41.3 Å². The largest absolute Gasteiger partial charge is 0.495 e. The lowest BCUT2D eigenvalue weighted by Crippen LogP contribution is -2.39. The van der Waals surface area contributed by atoms with Crippen LogP contribution in [0.5, 0.6) is 17.2 Å². The minimum Gasteiger partial charge on any atom is -0.495 e. The van der Waals surface area contributed by atoms with Crippen molar-refractivity contribution in [2.75, 3.05) is 32.2 Å². The maximum Gasteiger partial charge on any atom is 0.265 e. The van der Waals surface area contributed by atoms with Crippen LogP contribution in [0, 0.1) is 11.6 Å². The minimum atomic E-state index is -4.58. The Morgan fingerprint density at radius 3 is 2.08 bits per heavy atom. The van der Waals surface area contributed by atoms with E-state index in [4.69, 9.17) is 19.9 Å². The fraction of sp³-hybridized carbons (Fsp3) is 0.208. The number of aliphatic hydroxyl groups is 1. The van der Waals surface area contributed by atoms with Crippen LogP contribution in [0.1, 0.15) is 17.2 Å². The van der Waals surface area contributed by atoms with E-state index in [0.29, 0.717) is 4.31 Å². The third kappa shape index (κ3) is 5.04. The molecule has 0 aliphatic rings. The summed E-state index contributed by atoms with van der Waals surface area (Å²) in [6.45, 7) is -0.878. The lowest BCUT2D eigenvalue weighted by molar-refractivity contribution is -0.116. The van der Waals surface area contributed by atoms with E-state index in [1.165, 1.54) is 57.7 Å². The number of hydrogen-bond donors (Lipinski definition) is 2. The molecule has 1 amide bonds. The second kappa shape index (κ2) is 10.8. The highest BCUT2D eigenvalue weighted by Crippen LogP contribution is 2.42. The number of methoxy groups -OCH3 is 3. The molecule has 3 N–H and O–H groups in total. The Labute approximate surface area is 206 Å². The Kier molecular flexibility index (Phi) is 8.00. The molecule has 0 aliphatic heterocycles. The van der Waals surface area contributed by atoms with Gasteiger partial charge >= 0.3 is 0 Å². The molecule has 3 rings (SSSR count). The SMILES string of the molecule is COc1ccc(S(=O)(=O)N(CC(N)=O)c2c(OC)cccc2C(O)c2c(F)cccc2F)cc1OC. The fourth-order valence-electron chi connectivity index (χ4n) is 3.65. The van der Waals surface area contributed by atoms with E-state index in [1.807, 2.05) is 0 Å². The molecule has 192 valence electrons. The van der Waals surface area contributed by atoms with Gasteiger partial charge in [0.2, 0.25) is 5.91 Å². The van der Waals surface area contributed by atoms with Gasteiger partial charge in [0.15, 0.2) is 11.5 Å². The number of nitrogens with zero attached hydrogens (tertiary/aromatic N) is 1. The van der Waals surface area contributed by atoms with Gasteiger partial charge in [0.05, 0.1) is 31.8 Å². The summed E-state index contributed by atoms with van der Waals surface area (Å²) in [5.74, 6) is -2.91. The van der Waals surface area contributed by atoms with E-state index in [2.05, 4.69) is 0 Å². The molecule has 1 unspecified atom stereocenters. The van der Waals surface area contributed by atoms with E-state index in [-0.39, 0.29) is 33.4 Å². The zero-order chi connectivity index (χ0) is 26.6. The van der Waals surface area contributed by atoms with Gasteiger partial charge in [0.25, 0.3) is 10.0 Å². The molecule has 0 aromatic heterocycles. The summed E-state index contributed by atoms with van der Waals surface area (Å²) in [5.41, 5.74) is 4.08. The monoisotopic (exact) mass is 522 g/mol. The fourth-order valence-corrected chi connectivity index (χ4v) is 5.13. The number of ether oxygens (including phenoxy) is 3. The number of aliphatic hydroxyl groups excluding tert-OH is 1. The van der Waals surface area contributed by atoms with Crippen LogP contribution in [-0.4, -0.2) is 47.3 Å². The minimum absolute atomic E-state index is 0.0892. The molecule has 0 radical (unpaired) electrons. The van der Waals surface area contributed by atoms with Crippen LogP contribution in [0.4, 0.5) is 14.5 Å². The lowest BCUT2D eigenvalue weighted by Gasteiger charge is -2.29. The van der Waals surface area contributed by atoms with Crippen molar-refractivity contribution >= 4 is 21.6 Å². The number of sulfonamides is 1. The van der Waals surface area contributed by atoms with Crippen molar-refractivity contribution in [3.05, 3.63) is 77.4 Å². The van der Waals surface area contributed by atoms with Crippen LogP contribution in [0.3, 0.4) is 0 Å². The number of carbonyl (C=O) groups excluding carboxylic acids is 1. The Morgan fingerprint density at radius 1 is 0.944 bits per heavy atom. The third-order valence-electron chi connectivity index (χ3n) is 5.31. The molecule has 36 heavy (non-hydrogen) atoms. The van der Waals surface area contributed by atoms with Crippen LogP contribution in [0.15, 0.2) is 59.5 Å². The summed E-state index contributed by atoms with van der Waals surface area (Å²) in [4.78, 5) is 11.7. The molecule has 3 aromatic carbocycles. The molecule has 0 aliphatic carbocycles. The van der Waals surface area contributed by atoms with E-state index in [0.717, 1.165) is 18.2 Å². The van der Waals surface area contributed by atoms with Gasteiger partial charge < -0.3 is 25.1 Å². The second-order valence-electron chi connectivity index (χ2n) is 7.43. The highest BCUT2D eigenvalue weighted by molar-refractivity contribution is 7.92. The van der Waals surface area contributed by atoms with Gasteiger partial charge in [-0.15, -0.1) is 0 Å². The number of rotatable bonds is 10. The number of hydrogen-bond acceptors (Lipinski definition) is 7. The number of primary amides is 1. The van der Waals surface area contributed by atoms with Gasteiger partial charge in [-0.2, -0.15) is 0 Å². The summed E-state index contributed by atoms with van der Waals surface area (Å²) in [7, 11) is -0.670. The quantitative estimate of drug-likeness (QED) is 0.419. The van der Waals surface area contributed by atoms with Gasteiger partial charge in [-0.05, 0) is 30.3 Å². The average molecular weight is 523 g/mol. The number of nitrogens with two attached hydrogens (primary N) is 1. The number of benzene rings is 3. The summed E-state index contributed by atoms with van der Waals surface area (Å²) < 4.78 is 72.8. The number of halogens is 2. The Bertz CT molecular complexity index is 1360. The highest BCUT2D eigenvalue weighted by Gasteiger charge is 2.34. The zero-order valence-corrected chi connectivity index (χ0v) is 20.4. The zero-order valence-electron chi connectivity index (χ0n) is 19.6. The molecule has 12 heteroatoms. The Hall–Kier alpha value is -3.90. The van der Waals surface area contributed by atoms with Gasteiger partial charge in [-0.3, -0.25) is 9.10 Å². The van der Waals surface area contributed by atoms with Crippen LogP contribution in [-0.2, 0) is 14.8 Å². The first-order valence-electron chi connectivity index (χ1n) is 10.4. The molecular weight excluding hydrogens is 498 g/mol. The maximum atomic E-state index is 14.5. The van der Waals surface area contributed by atoms with Crippen molar-refractivity contribution in [3.8, 4) is 17.2 Å². The van der Waals surface area contributed by atoms with Crippen molar-refractivity contribution in [1.29, 1.82) is 0 Å². The first-order chi connectivity index (χ1) is 17.1. The summed E-state index contributed by atoms with van der Waals surface area (Å²) in [6.07, 6.45) is -1.97. The second-order valence-corrected chi connectivity index (χ2v) is 9.29. The van der Waals surface area contributed by atoms with Crippen LogP contribution in [0.2, 0.25) is 0 Å². The molecule has 3 aromatic rings. The van der Waals surface area contributed by atoms with Crippen LogP contribution >= 0.6 is 0 Å². The summed E-state index contributed by atoms with van der Waals surface area (Å²) >= 11 is 0. The van der Waals surface area contributed by atoms with Gasteiger partial charge in [0.1, 0.15) is 35.7 Å². The predicted octanol–water partition coefficient (Wildman–Crippen LogP) is 2.75. The molecule has 1 atom stereocenters. The summed E-state index contributed by atoms with van der Waals surface area (Å²) in [5, 5.41) is 11.0. The number of para-hydroxylation sites is 1. The Morgan fingerprint density at radius 2 is 1.53 bits per heavy atom. The average Bonchev–Trinajstić information content (AvgIpc) is 2.85. The normalized spacial score (nSPS) is 12.1. The van der Waals surface area contributed by atoms with Crippen molar-refractivity contribution in [2.24, 2.45) is 5.73 Å². The van der Waals surface area contributed by atoms with E-state index in [1.54, 1.807) is 0 Å². The van der Waals surface area contributed by atoms with Gasteiger partial charge in [-0.1, -0.05) is 18.2 Å². The Balaban J connectivity index is 2.30. The molecule has 9 nitrogen and oxygen atoms in total. The molecule has 0 heterocycles. The molecule has 0 bridgehead atoms. The highest BCUT2D eigenvalue weighted by atomic mass is 32.2. The third-order valence-corrected chi connectivity index (χ3v) is 7.05. The van der Waals surface area contributed by atoms with E-state index < -0.39 is 45.8 Å². The van der Waals surface area contributed by atoms with Crippen molar-refractivity contribution in [3.63, 3.8) is 0 Å². The van der Waals surface area contributed by atoms with Crippen LogP contribution in [0.25, 0.3) is 0 Å². The molecule has 0 fully saturated rings. The first kappa shape index (κ1) is 26.7. The van der Waals surface area contributed by atoms with Gasteiger partial charge in [0, 0.05) is 11.6 Å². The first-order valence-corrected chi connectivity index (χ1v) is 11.8. The molecule has 0 spiro atoms. The molecule has 0 saturated heterocycles.